The van der Waals surface area contributed by atoms with Crippen LogP contribution in [0.4, 0.5) is 5.69 Å². The van der Waals surface area contributed by atoms with Gasteiger partial charge in [-0.2, -0.15) is 0 Å². The number of amides is 2. The second kappa shape index (κ2) is 7.89. The average Bonchev–Trinajstić information content (AvgIpc) is 2.79. The first kappa shape index (κ1) is 17.8. The monoisotopic (exact) mass is 343 g/mol. The fourth-order valence-electron chi connectivity index (χ4n) is 3.71. The number of hydrogen-bond acceptors (Lipinski definition) is 3. The van der Waals surface area contributed by atoms with Crippen LogP contribution in [-0.4, -0.2) is 37.5 Å². The molecule has 1 unspecified atom stereocenters. The zero-order chi connectivity index (χ0) is 17.8. The van der Waals surface area contributed by atoms with Crippen molar-refractivity contribution in [2.75, 3.05) is 24.5 Å². The van der Waals surface area contributed by atoms with Crippen LogP contribution in [0.5, 0.6) is 0 Å². The number of nitrogens with one attached hydrogen (secondary N) is 2. The van der Waals surface area contributed by atoms with Crippen LogP contribution in [0.25, 0.3) is 0 Å². The molecule has 136 valence electrons. The molecule has 1 aromatic carbocycles. The van der Waals surface area contributed by atoms with Gasteiger partial charge in [0.25, 0.3) is 0 Å². The van der Waals surface area contributed by atoms with E-state index in [0.717, 1.165) is 44.3 Å². The molecular formula is C20H29N3O2. The minimum atomic E-state index is -0.387. The van der Waals surface area contributed by atoms with Crippen LogP contribution >= 0.6 is 0 Å². The highest BCUT2D eigenvalue weighted by Gasteiger charge is 2.25. The summed E-state index contributed by atoms with van der Waals surface area (Å²) in [6, 6.07) is 6.21. The Hall–Kier alpha value is -2.04. The Bertz CT molecular complexity index is 642. The lowest BCUT2D eigenvalue weighted by Gasteiger charge is -2.32. The van der Waals surface area contributed by atoms with Gasteiger partial charge in [0.2, 0.25) is 11.8 Å². The number of carbonyl (C=O) groups excluding carboxylic acids is 2. The second-order valence-corrected chi connectivity index (χ2v) is 7.47. The molecule has 2 aliphatic rings. The number of aryl methyl sites for hydroxylation is 1. The fraction of sp³-hybridized carbons (Fsp3) is 0.600. The van der Waals surface area contributed by atoms with E-state index in [0.29, 0.717) is 19.0 Å². The maximum absolute atomic E-state index is 12.5. The molecule has 0 radical (unpaired) electrons. The highest BCUT2D eigenvalue weighted by Crippen LogP contribution is 2.30. The number of nitrogens with zero attached hydrogens (tertiary/aromatic N) is 1. The van der Waals surface area contributed by atoms with Gasteiger partial charge in [-0.05, 0) is 55.2 Å². The van der Waals surface area contributed by atoms with Crippen molar-refractivity contribution in [1.82, 2.24) is 10.6 Å². The Morgan fingerprint density at radius 1 is 1.32 bits per heavy atom. The van der Waals surface area contributed by atoms with Crippen LogP contribution in [0.1, 0.15) is 56.6 Å². The molecule has 1 atom stereocenters. The van der Waals surface area contributed by atoms with Crippen LogP contribution in [0.3, 0.4) is 0 Å². The van der Waals surface area contributed by atoms with Crippen molar-refractivity contribution in [1.29, 1.82) is 0 Å². The molecule has 0 bridgehead atoms. The SMILES string of the molecule is CC(C)c1ccc2c(c1)CCCN2CC(=O)NC1CCCCNC1=O. The Balaban J connectivity index is 1.65. The molecule has 0 saturated carbocycles. The molecule has 2 amide bonds. The Kier molecular flexibility index (Phi) is 5.61. The molecule has 2 N–H and O–H groups in total. The topological polar surface area (TPSA) is 61.4 Å². The molecule has 2 heterocycles. The minimum absolute atomic E-state index is 0.0496. The molecule has 2 aliphatic heterocycles. The summed E-state index contributed by atoms with van der Waals surface area (Å²) in [5, 5.41) is 5.79. The quantitative estimate of drug-likeness (QED) is 0.882. The molecule has 5 nitrogen and oxygen atoms in total. The van der Waals surface area contributed by atoms with E-state index in [2.05, 4.69) is 47.6 Å². The van der Waals surface area contributed by atoms with Gasteiger partial charge in [0.05, 0.1) is 6.54 Å². The van der Waals surface area contributed by atoms with Gasteiger partial charge in [-0.15, -0.1) is 0 Å². The summed E-state index contributed by atoms with van der Waals surface area (Å²) in [7, 11) is 0. The van der Waals surface area contributed by atoms with Gasteiger partial charge in [-0.1, -0.05) is 26.0 Å². The normalized spacial score (nSPS) is 20.7. The maximum atomic E-state index is 12.5. The van der Waals surface area contributed by atoms with Crippen molar-refractivity contribution < 1.29 is 9.59 Å². The zero-order valence-corrected chi connectivity index (χ0v) is 15.3. The van der Waals surface area contributed by atoms with Crippen molar-refractivity contribution in [2.45, 2.75) is 57.9 Å². The van der Waals surface area contributed by atoms with Crippen LogP contribution in [0, 0.1) is 0 Å². The molecule has 5 heteroatoms. The van der Waals surface area contributed by atoms with E-state index in [1.165, 1.54) is 11.1 Å². The zero-order valence-electron chi connectivity index (χ0n) is 15.3. The van der Waals surface area contributed by atoms with Crippen molar-refractivity contribution >= 4 is 17.5 Å². The summed E-state index contributed by atoms with van der Waals surface area (Å²) in [6.07, 6.45) is 4.81. The molecular weight excluding hydrogens is 314 g/mol. The predicted molar refractivity (Wildman–Crippen MR) is 99.9 cm³/mol. The van der Waals surface area contributed by atoms with E-state index in [-0.39, 0.29) is 17.9 Å². The third-order valence-corrected chi connectivity index (χ3v) is 5.19. The van der Waals surface area contributed by atoms with E-state index in [9.17, 15) is 9.59 Å². The maximum Gasteiger partial charge on any atom is 0.242 e. The highest BCUT2D eigenvalue weighted by molar-refractivity contribution is 5.89. The van der Waals surface area contributed by atoms with E-state index in [4.69, 9.17) is 0 Å². The number of rotatable bonds is 4. The first-order valence-corrected chi connectivity index (χ1v) is 9.49. The fourth-order valence-corrected chi connectivity index (χ4v) is 3.71. The molecule has 0 aliphatic carbocycles. The predicted octanol–water partition coefficient (Wildman–Crippen LogP) is 2.35. The third-order valence-electron chi connectivity index (χ3n) is 5.19. The van der Waals surface area contributed by atoms with Crippen LogP contribution in [-0.2, 0) is 16.0 Å². The van der Waals surface area contributed by atoms with Crippen LogP contribution < -0.4 is 15.5 Å². The number of carbonyl (C=O) groups is 2. The highest BCUT2D eigenvalue weighted by atomic mass is 16.2. The van der Waals surface area contributed by atoms with E-state index >= 15 is 0 Å². The van der Waals surface area contributed by atoms with Crippen molar-refractivity contribution in [2.24, 2.45) is 0 Å². The van der Waals surface area contributed by atoms with Crippen molar-refractivity contribution in [3.8, 4) is 0 Å². The van der Waals surface area contributed by atoms with Crippen LogP contribution in [0.15, 0.2) is 18.2 Å². The number of hydrogen-bond donors (Lipinski definition) is 2. The summed E-state index contributed by atoms with van der Waals surface area (Å²) in [4.78, 5) is 26.6. The van der Waals surface area contributed by atoms with Crippen molar-refractivity contribution in [3.63, 3.8) is 0 Å². The lowest BCUT2D eigenvalue weighted by atomic mass is 9.95. The van der Waals surface area contributed by atoms with E-state index < -0.39 is 0 Å². The lowest BCUT2D eigenvalue weighted by molar-refractivity contribution is -0.128. The van der Waals surface area contributed by atoms with Gasteiger partial charge in [0.15, 0.2) is 0 Å². The van der Waals surface area contributed by atoms with Crippen LogP contribution in [0.2, 0.25) is 0 Å². The van der Waals surface area contributed by atoms with Gasteiger partial charge in [-0.3, -0.25) is 9.59 Å². The molecule has 3 rings (SSSR count). The largest absolute Gasteiger partial charge is 0.362 e. The molecule has 1 saturated heterocycles. The molecule has 25 heavy (non-hydrogen) atoms. The van der Waals surface area contributed by atoms with E-state index in [1.807, 2.05) is 0 Å². The number of fused-ring (bicyclic) bond motifs is 1. The molecule has 1 fully saturated rings. The summed E-state index contributed by atoms with van der Waals surface area (Å²) in [5.41, 5.74) is 3.84. The van der Waals surface area contributed by atoms with Crippen molar-refractivity contribution in [3.05, 3.63) is 29.3 Å². The second-order valence-electron chi connectivity index (χ2n) is 7.47. The number of anilines is 1. The first-order chi connectivity index (χ1) is 12.0. The molecule has 0 spiro atoms. The summed E-state index contributed by atoms with van der Waals surface area (Å²) in [5.74, 6) is 0.395. The lowest BCUT2D eigenvalue weighted by Crippen LogP contribution is -2.49. The summed E-state index contributed by atoms with van der Waals surface area (Å²) < 4.78 is 0. The Morgan fingerprint density at radius 2 is 2.16 bits per heavy atom. The Labute approximate surface area is 150 Å². The minimum Gasteiger partial charge on any atom is -0.362 e. The van der Waals surface area contributed by atoms with Gasteiger partial charge in [-0.25, -0.2) is 0 Å². The third kappa shape index (κ3) is 4.33. The molecule has 0 aromatic heterocycles. The van der Waals surface area contributed by atoms with Gasteiger partial charge >= 0.3 is 0 Å². The van der Waals surface area contributed by atoms with Gasteiger partial charge in [0.1, 0.15) is 6.04 Å². The first-order valence-electron chi connectivity index (χ1n) is 9.49. The smallest absolute Gasteiger partial charge is 0.242 e. The standard InChI is InChI=1S/C20H29N3O2/c1-14(2)15-8-9-18-16(12-15)6-5-11-23(18)13-19(24)22-17-7-3-4-10-21-20(17)25/h8-9,12,14,17H,3-7,10-11,13H2,1-2H3,(H,21,25)(H,22,24). The van der Waals surface area contributed by atoms with Gasteiger partial charge < -0.3 is 15.5 Å². The van der Waals surface area contributed by atoms with E-state index in [1.54, 1.807) is 0 Å². The average molecular weight is 343 g/mol. The summed E-state index contributed by atoms with van der Waals surface area (Å²) >= 11 is 0. The Morgan fingerprint density at radius 3 is 2.96 bits per heavy atom. The summed E-state index contributed by atoms with van der Waals surface area (Å²) in [6.45, 7) is 6.32. The number of benzene rings is 1. The van der Waals surface area contributed by atoms with Gasteiger partial charge in [0, 0.05) is 18.8 Å². The molecule has 1 aromatic rings.